The molecule has 3 heterocycles. The van der Waals surface area contributed by atoms with Crippen molar-refractivity contribution in [1.82, 2.24) is 10.2 Å². The largest absolute Gasteiger partial charge is 0.339 e. The first-order valence-electron chi connectivity index (χ1n) is 7.01. The maximum atomic E-state index is 12.4. The number of carbonyl (C=O) groups is 1. The minimum absolute atomic E-state index is 0.0410. The molecule has 2 aliphatic rings. The molecular formula is C13H19N3O3S2. The monoisotopic (exact) mass is 329 g/mol. The maximum absolute atomic E-state index is 12.4. The highest BCUT2D eigenvalue weighted by Gasteiger charge is 2.38. The summed E-state index contributed by atoms with van der Waals surface area (Å²) in [5, 5.41) is 10.0. The number of piperidine rings is 1. The second-order valence-corrected chi connectivity index (χ2v) is 8.62. The van der Waals surface area contributed by atoms with Crippen LogP contribution in [0.15, 0.2) is 15.7 Å². The number of nitrogens with one attached hydrogen (secondary N) is 1. The zero-order chi connectivity index (χ0) is 15.1. The smallest absolute Gasteiger partial charge is 0.254 e. The van der Waals surface area contributed by atoms with Gasteiger partial charge in [-0.25, -0.2) is 13.6 Å². The highest BCUT2D eigenvalue weighted by molar-refractivity contribution is 7.91. The Bertz CT molecular complexity index is 637. The third kappa shape index (κ3) is 2.98. The number of nitrogens with two attached hydrogens (primary N) is 1. The van der Waals surface area contributed by atoms with Crippen LogP contribution < -0.4 is 10.5 Å². The molecule has 2 saturated heterocycles. The molecule has 0 bridgehead atoms. The van der Waals surface area contributed by atoms with Crippen LogP contribution in [-0.2, 0) is 10.0 Å². The van der Waals surface area contributed by atoms with Crippen LogP contribution in [0.2, 0.25) is 0 Å². The van der Waals surface area contributed by atoms with Crippen molar-refractivity contribution in [1.29, 1.82) is 0 Å². The first kappa shape index (κ1) is 15.0. The van der Waals surface area contributed by atoms with E-state index in [1.165, 1.54) is 12.5 Å². The molecule has 0 radical (unpaired) electrons. The lowest BCUT2D eigenvalue weighted by molar-refractivity contribution is 0.0608. The van der Waals surface area contributed by atoms with E-state index >= 15 is 0 Å². The third-order valence-corrected chi connectivity index (χ3v) is 6.93. The lowest BCUT2D eigenvalue weighted by Crippen LogP contribution is -2.43. The van der Waals surface area contributed by atoms with Gasteiger partial charge in [-0.3, -0.25) is 4.79 Å². The van der Waals surface area contributed by atoms with Gasteiger partial charge in [0, 0.05) is 25.0 Å². The van der Waals surface area contributed by atoms with Gasteiger partial charge in [-0.05, 0) is 37.3 Å². The summed E-state index contributed by atoms with van der Waals surface area (Å²) in [5.74, 6) is -0.0954. The van der Waals surface area contributed by atoms with Crippen LogP contribution in [-0.4, -0.2) is 45.4 Å². The molecule has 6 nitrogen and oxygen atoms in total. The molecule has 0 saturated carbocycles. The van der Waals surface area contributed by atoms with E-state index in [4.69, 9.17) is 5.14 Å². The minimum Gasteiger partial charge on any atom is -0.339 e. The summed E-state index contributed by atoms with van der Waals surface area (Å²) in [4.78, 5) is 14.2. The first-order chi connectivity index (χ1) is 9.90. The summed E-state index contributed by atoms with van der Waals surface area (Å²) in [7, 11) is -3.72. The van der Waals surface area contributed by atoms with Crippen LogP contribution in [0.3, 0.4) is 0 Å². The fourth-order valence-electron chi connectivity index (χ4n) is 3.17. The molecule has 0 unspecified atom stereocenters. The van der Waals surface area contributed by atoms with Crippen molar-refractivity contribution in [2.45, 2.75) is 23.5 Å². The van der Waals surface area contributed by atoms with E-state index in [1.807, 2.05) is 4.90 Å². The van der Waals surface area contributed by atoms with Crippen LogP contribution >= 0.6 is 11.3 Å². The van der Waals surface area contributed by atoms with Crippen molar-refractivity contribution >= 4 is 27.3 Å². The summed E-state index contributed by atoms with van der Waals surface area (Å²) >= 11 is 0.997. The van der Waals surface area contributed by atoms with Crippen LogP contribution in [0, 0.1) is 5.41 Å². The summed E-state index contributed by atoms with van der Waals surface area (Å²) in [6.07, 6.45) is 3.21. The molecule has 2 fully saturated rings. The highest BCUT2D eigenvalue weighted by Crippen LogP contribution is 2.37. The summed E-state index contributed by atoms with van der Waals surface area (Å²) in [5.41, 5.74) is 0.779. The van der Waals surface area contributed by atoms with E-state index in [2.05, 4.69) is 5.32 Å². The van der Waals surface area contributed by atoms with E-state index in [9.17, 15) is 13.2 Å². The molecule has 0 aliphatic carbocycles. The van der Waals surface area contributed by atoms with Gasteiger partial charge in [-0.1, -0.05) is 0 Å². The molecule has 3 rings (SSSR count). The number of nitrogens with zero attached hydrogens (tertiary/aromatic N) is 1. The van der Waals surface area contributed by atoms with Crippen molar-refractivity contribution in [3.8, 4) is 0 Å². The predicted octanol–water partition coefficient (Wildman–Crippen LogP) is 0.611. The fraction of sp³-hybridized carbons (Fsp3) is 0.615. The van der Waals surface area contributed by atoms with Crippen LogP contribution in [0.25, 0.3) is 0 Å². The lowest BCUT2D eigenvalue weighted by Gasteiger charge is -2.38. The molecule has 1 aromatic rings. The summed E-state index contributed by atoms with van der Waals surface area (Å²) in [6, 6.07) is 1.38. The van der Waals surface area contributed by atoms with Crippen LogP contribution in [0.1, 0.15) is 29.6 Å². The van der Waals surface area contributed by atoms with Gasteiger partial charge in [0.25, 0.3) is 5.91 Å². The maximum Gasteiger partial charge on any atom is 0.254 e. The van der Waals surface area contributed by atoms with Gasteiger partial charge in [0.1, 0.15) is 4.21 Å². The zero-order valence-electron chi connectivity index (χ0n) is 11.7. The molecule has 2 aliphatic heterocycles. The van der Waals surface area contributed by atoms with Gasteiger partial charge in [0.05, 0.1) is 5.56 Å². The van der Waals surface area contributed by atoms with Crippen molar-refractivity contribution in [2.75, 3.05) is 26.2 Å². The molecule has 1 aromatic heterocycles. The van der Waals surface area contributed by atoms with Gasteiger partial charge >= 0.3 is 0 Å². The number of hydrogen-bond donors (Lipinski definition) is 2. The van der Waals surface area contributed by atoms with Crippen molar-refractivity contribution < 1.29 is 13.2 Å². The average Bonchev–Trinajstić information content (AvgIpc) is 3.08. The fourth-order valence-corrected chi connectivity index (χ4v) is 4.75. The topological polar surface area (TPSA) is 92.5 Å². The standard InChI is InChI=1S/C13H19N3O3S2/c14-21(18,19)11-7-10(8-20-11)12(17)16-5-2-13(3-6-16)1-4-15-9-13/h7-8,15H,1-6,9H2,(H2,14,18,19). The molecule has 1 spiro atoms. The number of primary sulfonamides is 1. The first-order valence-corrected chi connectivity index (χ1v) is 9.44. The molecule has 1 amide bonds. The molecule has 3 N–H and O–H groups in total. The Morgan fingerprint density at radius 1 is 1.33 bits per heavy atom. The molecule has 0 aromatic carbocycles. The Kier molecular flexibility index (Phi) is 3.81. The quantitative estimate of drug-likeness (QED) is 0.831. The van der Waals surface area contributed by atoms with E-state index < -0.39 is 10.0 Å². The number of rotatable bonds is 2. The van der Waals surface area contributed by atoms with E-state index in [0.717, 1.165) is 50.4 Å². The lowest BCUT2D eigenvalue weighted by atomic mass is 9.78. The summed E-state index contributed by atoms with van der Waals surface area (Å²) < 4.78 is 22.6. The Morgan fingerprint density at radius 2 is 2.05 bits per heavy atom. The van der Waals surface area contributed by atoms with Gasteiger partial charge in [-0.2, -0.15) is 0 Å². The van der Waals surface area contributed by atoms with Crippen LogP contribution in [0.5, 0.6) is 0 Å². The number of amides is 1. The van der Waals surface area contributed by atoms with Gasteiger partial charge < -0.3 is 10.2 Å². The minimum atomic E-state index is -3.72. The van der Waals surface area contributed by atoms with Crippen molar-refractivity contribution in [2.24, 2.45) is 10.6 Å². The molecule has 8 heteroatoms. The molecule has 21 heavy (non-hydrogen) atoms. The molecule has 0 atom stereocenters. The molecular weight excluding hydrogens is 310 g/mol. The number of sulfonamides is 1. The Hall–Kier alpha value is -0.960. The van der Waals surface area contributed by atoms with Crippen molar-refractivity contribution in [3.05, 3.63) is 17.0 Å². The second-order valence-electron chi connectivity index (χ2n) is 5.92. The number of thiophene rings is 1. The Balaban J connectivity index is 1.68. The Morgan fingerprint density at radius 3 is 2.57 bits per heavy atom. The SMILES string of the molecule is NS(=O)(=O)c1cc(C(=O)N2CCC3(CCNC3)CC2)cs1. The zero-order valence-corrected chi connectivity index (χ0v) is 13.3. The predicted molar refractivity (Wildman–Crippen MR) is 80.7 cm³/mol. The van der Waals surface area contributed by atoms with Crippen molar-refractivity contribution in [3.63, 3.8) is 0 Å². The van der Waals surface area contributed by atoms with Gasteiger partial charge in [0.2, 0.25) is 10.0 Å². The summed E-state index contributed by atoms with van der Waals surface area (Å²) in [6.45, 7) is 3.58. The highest BCUT2D eigenvalue weighted by atomic mass is 32.2. The number of hydrogen-bond acceptors (Lipinski definition) is 5. The Labute approximate surface area is 128 Å². The average molecular weight is 329 g/mol. The number of likely N-dealkylation sites (tertiary alicyclic amines) is 1. The molecule has 116 valence electrons. The normalized spacial score (nSPS) is 21.9. The third-order valence-electron chi connectivity index (χ3n) is 4.55. The van der Waals surface area contributed by atoms with Crippen LogP contribution in [0.4, 0.5) is 0 Å². The second kappa shape index (κ2) is 5.35. The van der Waals surface area contributed by atoms with E-state index in [0.29, 0.717) is 11.0 Å². The van der Waals surface area contributed by atoms with Gasteiger partial charge in [0.15, 0.2) is 0 Å². The number of carbonyl (C=O) groups excluding carboxylic acids is 1. The van der Waals surface area contributed by atoms with Gasteiger partial charge in [-0.15, -0.1) is 11.3 Å². The van der Waals surface area contributed by atoms with E-state index in [-0.39, 0.29) is 10.1 Å². The van der Waals surface area contributed by atoms with E-state index in [1.54, 1.807) is 5.38 Å².